The standard InChI is InChI=1S/C10H14FNO3S/c1-16(14,15)8-4-2-7(3-5-8)10(13)9(12)6-11/h2-5,9-10,13H,6,12H2,1H3/t9-,10+/m1/s1. The first-order valence-corrected chi connectivity index (χ1v) is 6.55. The molecule has 0 spiro atoms. The summed E-state index contributed by atoms with van der Waals surface area (Å²) in [6, 6.07) is 4.58. The minimum Gasteiger partial charge on any atom is -0.387 e. The summed E-state index contributed by atoms with van der Waals surface area (Å²) in [7, 11) is -3.26. The zero-order valence-corrected chi connectivity index (χ0v) is 9.61. The van der Waals surface area contributed by atoms with E-state index in [9.17, 15) is 17.9 Å². The van der Waals surface area contributed by atoms with E-state index in [4.69, 9.17) is 5.73 Å². The second-order valence-electron chi connectivity index (χ2n) is 3.60. The molecule has 0 unspecified atom stereocenters. The number of aliphatic hydroxyl groups excluding tert-OH is 1. The van der Waals surface area contributed by atoms with Crippen LogP contribution in [-0.2, 0) is 9.84 Å². The van der Waals surface area contributed by atoms with E-state index in [-0.39, 0.29) is 4.90 Å². The van der Waals surface area contributed by atoms with Gasteiger partial charge >= 0.3 is 0 Å². The Morgan fingerprint density at radius 2 is 1.88 bits per heavy atom. The Balaban J connectivity index is 2.96. The molecule has 3 N–H and O–H groups in total. The number of hydrogen-bond acceptors (Lipinski definition) is 4. The fraction of sp³-hybridized carbons (Fsp3) is 0.400. The summed E-state index contributed by atoms with van der Waals surface area (Å²) >= 11 is 0. The van der Waals surface area contributed by atoms with Crippen LogP contribution in [0.1, 0.15) is 11.7 Å². The average molecular weight is 247 g/mol. The van der Waals surface area contributed by atoms with Gasteiger partial charge in [0.2, 0.25) is 0 Å². The predicted molar refractivity (Wildman–Crippen MR) is 58.5 cm³/mol. The summed E-state index contributed by atoms with van der Waals surface area (Å²) in [4.78, 5) is 0.150. The first-order valence-electron chi connectivity index (χ1n) is 4.66. The molecule has 0 amide bonds. The van der Waals surface area contributed by atoms with Crippen LogP contribution in [0.4, 0.5) is 4.39 Å². The summed E-state index contributed by atoms with van der Waals surface area (Å²) in [6.45, 7) is -0.838. The molecule has 16 heavy (non-hydrogen) atoms. The van der Waals surface area contributed by atoms with Gasteiger partial charge in [0.25, 0.3) is 0 Å². The predicted octanol–water partition coefficient (Wildman–Crippen LogP) is 0.420. The first-order chi connectivity index (χ1) is 7.36. The van der Waals surface area contributed by atoms with Gasteiger partial charge in [-0.3, -0.25) is 0 Å². The van der Waals surface area contributed by atoms with Crippen molar-refractivity contribution in [2.24, 2.45) is 5.73 Å². The van der Waals surface area contributed by atoms with Gasteiger partial charge in [-0.2, -0.15) is 0 Å². The zero-order valence-electron chi connectivity index (χ0n) is 8.80. The Hall–Kier alpha value is -0.980. The highest BCUT2D eigenvalue weighted by atomic mass is 32.2. The molecule has 0 saturated carbocycles. The van der Waals surface area contributed by atoms with E-state index in [1.165, 1.54) is 24.3 Å². The molecule has 4 nitrogen and oxygen atoms in total. The van der Waals surface area contributed by atoms with Gasteiger partial charge in [0, 0.05) is 6.26 Å². The SMILES string of the molecule is CS(=O)(=O)c1ccc([C@H](O)[C@H](N)CF)cc1. The van der Waals surface area contributed by atoms with Crippen molar-refractivity contribution >= 4 is 9.84 Å². The average Bonchev–Trinajstić information content (AvgIpc) is 2.26. The molecule has 1 aromatic carbocycles. The first kappa shape index (κ1) is 13.1. The summed E-state index contributed by atoms with van der Waals surface area (Å²) in [6.07, 6.45) is -0.0373. The minimum atomic E-state index is -3.26. The highest BCUT2D eigenvalue weighted by Crippen LogP contribution is 2.18. The van der Waals surface area contributed by atoms with Crippen molar-refractivity contribution in [3.63, 3.8) is 0 Å². The van der Waals surface area contributed by atoms with Crippen LogP contribution < -0.4 is 5.73 Å². The molecule has 0 aliphatic heterocycles. The lowest BCUT2D eigenvalue weighted by atomic mass is 10.0. The van der Waals surface area contributed by atoms with Crippen molar-refractivity contribution in [3.8, 4) is 0 Å². The maximum Gasteiger partial charge on any atom is 0.175 e. The lowest BCUT2D eigenvalue weighted by Gasteiger charge is -2.16. The Morgan fingerprint density at radius 3 is 2.25 bits per heavy atom. The van der Waals surface area contributed by atoms with E-state index in [1.54, 1.807) is 0 Å². The molecular formula is C10H14FNO3S. The van der Waals surface area contributed by atoms with Gasteiger partial charge in [0.1, 0.15) is 6.67 Å². The molecule has 0 heterocycles. The monoisotopic (exact) mass is 247 g/mol. The molecule has 2 atom stereocenters. The number of halogens is 1. The largest absolute Gasteiger partial charge is 0.387 e. The van der Waals surface area contributed by atoms with Crippen LogP contribution in [-0.4, -0.2) is 32.5 Å². The van der Waals surface area contributed by atoms with E-state index < -0.39 is 28.7 Å². The zero-order chi connectivity index (χ0) is 12.3. The number of benzene rings is 1. The van der Waals surface area contributed by atoms with Gasteiger partial charge in [-0.1, -0.05) is 12.1 Å². The highest BCUT2D eigenvalue weighted by Gasteiger charge is 2.17. The highest BCUT2D eigenvalue weighted by molar-refractivity contribution is 7.90. The van der Waals surface area contributed by atoms with Crippen molar-refractivity contribution in [1.82, 2.24) is 0 Å². The number of rotatable bonds is 4. The molecule has 90 valence electrons. The second kappa shape index (κ2) is 4.90. The van der Waals surface area contributed by atoms with Crippen LogP contribution in [0.25, 0.3) is 0 Å². The van der Waals surface area contributed by atoms with Crippen molar-refractivity contribution in [3.05, 3.63) is 29.8 Å². The Morgan fingerprint density at radius 1 is 1.38 bits per heavy atom. The van der Waals surface area contributed by atoms with E-state index in [0.29, 0.717) is 5.56 Å². The fourth-order valence-corrected chi connectivity index (χ4v) is 1.87. The Bertz CT molecular complexity index is 444. The van der Waals surface area contributed by atoms with Crippen LogP contribution in [0.5, 0.6) is 0 Å². The van der Waals surface area contributed by atoms with Gasteiger partial charge in [-0.05, 0) is 17.7 Å². The van der Waals surface area contributed by atoms with Gasteiger partial charge in [-0.15, -0.1) is 0 Å². The van der Waals surface area contributed by atoms with Crippen LogP contribution in [0.15, 0.2) is 29.2 Å². The molecule has 1 aromatic rings. The normalized spacial score (nSPS) is 15.8. The molecule has 0 fully saturated rings. The third kappa shape index (κ3) is 3.01. The van der Waals surface area contributed by atoms with Crippen molar-refractivity contribution in [1.29, 1.82) is 0 Å². The third-order valence-corrected chi connectivity index (χ3v) is 3.36. The van der Waals surface area contributed by atoms with E-state index in [1.807, 2.05) is 0 Å². The second-order valence-corrected chi connectivity index (χ2v) is 5.62. The van der Waals surface area contributed by atoms with Crippen molar-refractivity contribution < 1.29 is 17.9 Å². The summed E-state index contributed by atoms with van der Waals surface area (Å²) in [5.74, 6) is 0. The number of sulfone groups is 1. The molecule has 0 aliphatic rings. The number of alkyl halides is 1. The Labute approximate surface area is 93.8 Å². The minimum absolute atomic E-state index is 0.150. The molecule has 6 heteroatoms. The fourth-order valence-electron chi connectivity index (χ4n) is 1.24. The van der Waals surface area contributed by atoms with Gasteiger partial charge in [0.05, 0.1) is 17.0 Å². The molecule has 0 aliphatic carbocycles. The molecule has 0 radical (unpaired) electrons. The van der Waals surface area contributed by atoms with Crippen LogP contribution in [0.2, 0.25) is 0 Å². The van der Waals surface area contributed by atoms with Crippen LogP contribution in [0, 0.1) is 0 Å². The number of hydrogen-bond donors (Lipinski definition) is 2. The molecule has 0 bridgehead atoms. The van der Waals surface area contributed by atoms with Crippen LogP contribution >= 0.6 is 0 Å². The molecule has 0 aromatic heterocycles. The van der Waals surface area contributed by atoms with Crippen molar-refractivity contribution in [2.45, 2.75) is 17.0 Å². The van der Waals surface area contributed by atoms with Crippen LogP contribution in [0.3, 0.4) is 0 Å². The summed E-state index contributed by atoms with van der Waals surface area (Å²) in [5.41, 5.74) is 5.73. The van der Waals surface area contributed by atoms with Gasteiger partial charge in [-0.25, -0.2) is 12.8 Å². The Kier molecular flexibility index (Phi) is 4.01. The van der Waals surface area contributed by atoms with E-state index in [2.05, 4.69) is 0 Å². The maximum atomic E-state index is 12.2. The molecular weight excluding hydrogens is 233 g/mol. The lowest BCUT2D eigenvalue weighted by molar-refractivity contribution is 0.132. The van der Waals surface area contributed by atoms with Gasteiger partial charge < -0.3 is 10.8 Å². The topological polar surface area (TPSA) is 80.4 Å². The van der Waals surface area contributed by atoms with E-state index in [0.717, 1.165) is 6.26 Å². The number of nitrogens with two attached hydrogens (primary N) is 1. The molecule has 0 saturated heterocycles. The van der Waals surface area contributed by atoms with Gasteiger partial charge in [0.15, 0.2) is 9.84 Å². The quantitative estimate of drug-likeness (QED) is 0.808. The van der Waals surface area contributed by atoms with E-state index >= 15 is 0 Å². The molecule has 1 rings (SSSR count). The summed E-state index contributed by atoms with van der Waals surface area (Å²) < 4.78 is 34.5. The lowest BCUT2D eigenvalue weighted by Crippen LogP contribution is -2.30. The third-order valence-electron chi connectivity index (χ3n) is 2.23. The number of aliphatic hydroxyl groups is 1. The maximum absolute atomic E-state index is 12.2. The smallest absolute Gasteiger partial charge is 0.175 e. The van der Waals surface area contributed by atoms with Crippen molar-refractivity contribution in [2.75, 3.05) is 12.9 Å². The summed E-state index contributed by atoms with van der Waals surface area (Å²) in [5, 5.41) is 9.57.